The number of aromatic amines is 1. The summed E-state index contributed by atoms with van der Waals surface area (Å²) in [5, 5.41) is 8.59. The normalized spacial score (nSPS) is 20.2. The Morgan fingerprint density at radius 1 is 1.06 bits per heavy atom. The van der Waals surface area contributed by atoms with Crippen LogP contribution >= 0.6 is 24.0 Å². The molecule has 0 aliphatic carbocycles. The van der Waals surface area contributed by atoms with Crippen molar-refractivity contribution in [2.24, 2.45) is 4.99 Å². The van der Waals surface area contributed by atoms with Crippen LogP contribution in [0.15, 0.2) is 29.3 Å². The predicted octanol–water partition coefficient (Wildman–Crippen LogP) is 3.75. The Balaban J connectivity index is 0.00000289. The van der Waals surface area contributed by atoms with Crippen LogP contribution in [-0.2, 0) is 6.42 Å². The number of para-hydroxylation sites is 1. The Kier molecular flexibility index (Phi) is 9.25. The van der Waals surface area contributed by atoms with E-state index in [0.717, 1.165) is 25.5 Å². The average molecular weight is 553 g/mol. The lowest BCUT2D eigenvalue weighted by Gasteiger charge is -2.50. The van der Waals surface area contributed by atoms with Crippen molar-refractivity contribution in [3.63, 3.8) is 0 Å². The highest BCUT2D eigenvalue weighted by atomic mass is 127. The number of hydrogen-bond acceptors (Lipinski definition) is 3. The van der Waals surface area contributed by atoms with Crippen molar-refractivity contribution in [2.45, 2.75) is 51.0 Å². The highest BCUT2D eigenvalue weighted by molar-refractivity contribution is 14.0. The molecular formula is C25H41IN6. The van der Waals surface area contributed by atoms with Gasteiger partial charge >= 0.3 is 0 Å². The number of nitrogens with zero attached hydrogens (tertiary/aromatic N) is 3. The van der Waals surface area contributed by atoms with Crippen LogP contribution in [0, 0.1) is 6.92 Å². The van der Waals surface area contributed by atoms with E-state index < -0.39 is 0 Å². The van der Waals surface area contributed by atoms with Gasteiger partial charge in [-0.3, -0.25) is 9.89 Å². The molecule has 1 aromatic heterocycles. The van der Waals surface area contributed by atoms with Gasteiger partial charge in [0, 0.05) is 42.3 Å². The lowest BCUT2D eigenvalue weighted by molar-refractivity contribution is 0.0173. The first-order chi connectivity index (χ1) is 15.1. The van der Waals surface area contributed by atoms with Gasteiger partial charge in [0.25, 0.3) is 0 Å². The van der Waals surface area contributed by atoms with E-state index in [1.54, 1.807) is 0 Å². The smallest absolute Gasteiger partial charge is 0.191 e. The summed E-state index contributed by atoms with van der Waals surface area (Å²) in [4.78, 5) is 13.3. The van der Waals surface area contributed by atoms with Gasteiger partial charge in [0.15, 0.2) is 5.96 Å². The third-order valence-corrected chi connectivity index (χ3v) is 7.45. The summed E-state index contributed by atoms with van der Waals surface area (Å²) in [5.41, 5.74) is 4.15. The zero-order chi connectivity index (χ0) is 21.7. The number of aryl methyl sites for hydroxylation is 1. The first-order valence-corrected chi connectivity index (χ1v) is 12.1. The Hall–Kier alpha value is -1.32. The van der Waals surface area contributed by atoms with Gasteiger partial charge in [-0.15, -0.1) is 24.0 Å². The molecular weight excluding hydrogens is 511 g/mol. The molecule has 0 amide bonds. The first kappa shape index (κ1) is 25.3. The maximum atomic E-state index is 4.52. The summed E-state index contributed by atoms with van der Waals surface area (Å²) in [5.74, 6) is 0.924. The van der Waals surface area contributed by atoms with Gasteiger partial charge in [0.1, 0.15) is 0 Å². The Morgan fingerprint density at radius 3 is 2.50 bits per heavy atom. The molecule has 3 heterocycles. The number of hydrogen-bond donors (Lipinski definition) is 3. The van der Waals surface area contributed by atoms with Crippen molar-refractivity contribution in [2.75, 3.05) is 53.4 Å². The minimum Gasteiger partial charge on any atom is -0.358 e. The molecule has 0 bridgehead atoms. The second-order valence-corrected chi connectivity index (χ2v) is 9.45. The van der Waals surface area contributed by atoms with E-state index in [4.69, 9.17) is 0 Å². The number of fused-ring (bicyclic) bond motifs is 1. The van der Waals surface area contributed by atoms with Crippen LogP contribution in [0.5, 0.6) is 0 Å². The number of halogens is 1. The molecule has 3 N–H and O–H groups in total. The minimum absolute atomic E-state index is 0. The zero-order valence-electron chi connectivity index (χ0n) is 20.0. The molecule has 2 saturated heterocycles. The number of aliphatic imine (C=N–C) groups is 1. The number of benzene rings is 1. The van der Waals surface area contributed by atoms with Crippen molar-refractivity contribution in [1.29, 1.82) is 0 Å². The highest BCUT2D eigenvalue weighted by Crippen LogP contribution is 2.31. The fraction of sp³-hybridized carbons (Fsp3) is 0.640. The second-order valence-electron chi connectivity index (χ2n) is 9.45. The number of nitrogens with one attached hydrogen (secondary N) is 3. The summed E-state index contributed by atoms with van der Waals surface area (Å²) in [6, 6.07) is 8.58. The van der Waals surface area contributed by atoms with Gasteiger partial charge in [-0.05, 0) is 83.9 Å². The van der Waals surface area contributed by atoms with E-state index in [1.807, 2.05) is 7.05 Å². The number of aromatic nitrogens is 1. The number of H-pyrrole nitrogens is 1. The maximum Gasteiger partial charge on any atom is 0.191 e. The van der Waals surface area contributed by atoms with Crippen LogP contribution in [0.25, 0.3) is 10.9 Å². The summed E-state index contributed by atoms with van der Waals surface area (Å²) in [6.45, 7) is 8.89. The third kappa shape index (κ3) is 5.78. The average Bonchev–Trinajstić information content (AvgIpc) is 3.13. The van der Waals surface area contributed by atoms with E-state index in [1.165, 1.54) is 80.4 Å². The molecule has 4 rings (SSSR count). The maximum absolute atomic E-state index is 4.52. The minimum atomic E-state index is 0. The number of guanidine groups is 1. The topological polar surface area (TPSA) is 58.7 Å². The standard InChI is InChI=1S/C25H40N6.HI/c1-20-21(22-9-5-6-10-23(22)29-20)11-14-27-24(26-2)28-19-25(12-17-30(3)18-13-25)31-15-7-4-8-16-31;/h5-6,9-10,29H,4,7-8,11-19H2,1-3H3,(H2,26,27,28);1H. The lowest BCUT2D eigenvalue weighted by atomic mass is 9.84. The zero-order valence-corrected chi connectivity index (χ0v) is 22.4. The van der Waals surface area contributed by atoms with E-state index in [-0.39, 0.29) is 29.5 Å². The SMILES string of the molecule is CN=C(NCCc1c(C)[nH]c2ccccc12)NCC1(N2CCCCC2)CCN(C)CC1.I. The molecule has 2 aromatic rings. The summed E-state index contributed by atoms with van der Waals surface area (Å²) in [6.07, 6.45) is 7.53. The van der Waals surface area contributed by atoms with E-state index in [2.05, 4.69) is 68.6 Å². The van der Waals surface area contributed by atoms with Crippen molar-refractivity contribution in [1.82, 2.24) is 25.4 Å². The molecule has 2 fully saturated rings. The van der Waals surface area contributed by atoms with E-state index in [9.17, 15) is 0 Å². The highest BCUT2D eigenvalue weighted by Gasteiger charge is 2.39. The van der Waals surface area contributed by atoms with Crippen molar-refractivity contribution in [3.8, 4) is 0 Å². The molecule has 178 valence electrons. The molecule has 6 nitrogen and oxygen atoms in total. The van der Waals surface area contributed by atoms with Crippen LogP contribution in [0.2, 0.25) is 0 Å². The fourth-order valence-electron chi connectivity index (χ4n) is 5.44. The molecule has 1 aromatic carbocycles. The van der Waals surface area contributed by atoms with Gasteiger partial charge in [0.05, 0.1) is 0 Å². The molecule has 2 aliphatic rings. The van der Waals surface area contributed by atoms with Gasteiger partial charge < -0.3 is 20.5 Å². The Morgan fingerprint density at radius 2 is 1.78 bits per heavy atom. The van der Waals surface area contributed by atoms with Gasteiger partial charge in [0.2, 0.25) is 0 Å². The van der Waals surface area contributed by atoms with Crippen LogP contribution in [-0.4, -0.2) is 79.6 Å². The van der Waals surface area contributed by atoms with Gasteiger partial charge in [-0.1, -0.05) is 24.6 Å². The fourth-order valence-corrected chi connectivity index (χ4v) is 5.44. The largest absolute Gasteiger partial charge is 0.358 e. The van der Waals surface area contributed by atoms with E-state index >= 15 is 0 Å². The second kappa shape index (κ2) is 11.7. The lowest BCUT2D eigenvalue weighted by Crippen LogP contribution is -2.62. The molecule has 32 heavy (non-hydrogen) atoms. The van der Waals surface area contributed by atoms with Crippen LogP contribution in [0.3, 0.4) is 0 Å². The summed E-state index contributed by atoms with van der Waals surface area (Å²) in [7, 11) is 4.13. The van der Waals surface area contributed by atoms with Crippen LogP contribution in [0.1, 0.15) is 43.4 Å². The van der Waals surface area contributed by atoms with Crippen LogP contribution in [0.4, 0.5) is 0 Å². The molecule has 0 atom stereocenters. The van der Waals surface area contributed by atoms with Crippen molar-refractivity contribution in [3.05, 3.63) is 35.5 Å². The Labute approximate surface area is 210 Å². The number of piperidine rings is 2. The summed E-state index contributed by atoms with van der Waals surface area (Å²) >= 11 is 0. The first-order valence-electron chi connectivity index (χ1n) is 12.1. The molecule has 0 unspecified atom stereocenters. The van der Waals surface area contributed by atoms with Crippen molar-refractivity contribution < 1.29 is 0 Å². The summed E-state index contributed by atoms with van der Waals surface area (Å²) < 4.78 is 0. The monoisotopic (exact) mass is 552 g/mol. The molecule has 7 heteroatoms. The molecule has 0 spiro atoms. The van der Waals surface area contributed by atoms with Gasteiger partial charge in [-0.2, -0.15) is 0 Å². The van der Waals surface area contributed by atoms with Crippen LogP contribution < -0.4 is 10.6 Å². The molecule has 0 saturated carbocycles. The van der Waals surface area contributed by atoms with Gasteiger partial charge in [-0.25, -0.2) is 0 Å². The number of rotatable bonds is 6. The third-order valence-electron chi connectivity index (χ3n) is 7.45. The quantitative estimate of drug-likeness (QED) is 0.290. The van der Waals surface area contributed by atoms with Crippen molar-refractivity contribution >= 4 is 40.8 Å². The Bertz CT molecular complexity index is 878. The molecule has 2 aliphatic heterocycles. The predicted molar refractivity (Wildman–Crippen MR) is 146 cm³/mol. The van der Waals surface area contributed by atoms with E-state index in [0.29, 0.717) is 0 Å². The molecule has 0 radical (unpaired) electrons. The number of likely N-dealkylation sites (tertiary alicyclic amines) is 2.